The Morgan fingerprint density at radius 3 is 2.29 bits per heavy atom. The minimum Gasteiger partial charge on any atom is -0.453 e. The van der Waals surface area contributed by atoms with Crippen molar-refractivity contribution in [3.8, 4) is 0 Å². The first-order chi connectivity index (χ1) is 9.91. The van der Waals surface area contributed by atoms with Crippen LogP contribution in [0.4, 0.5) is 0 Å². The average Bonchev–Trinajstić information content (AvgIpc) is 2.84. The lowest BCUT2D eigenvalue weighted by atomic mass is 9.86. The Labute approximate surface area is 132 Å². The van der Waals surface area contributed by atoms with Crippen LogP contribution in [-0.4, -0.2) is 6.54 Å². The van der Waals surface area contributed by atoms with E-state index in [0.717, 1.165) is 18.5 Å². The van der Waals surface area contributed by atoms with Crippen LogP contribution in [0.25, 0.3) is 0 Å². The first kappa shape index (κ1) is 16.1. The fraction of sp³-hybridized carbons (Fsp3) is 0.444. The third-order valence-electron chi connectivity index (χ3n) is 3.73. The summed E-state index contributed by atoms with van der Waals surface area (Å²) in [7, 11) is 0. The highest BCUT2D eigenvalue weighted by Crippen LogP contribution is 2.28. The van der Waals surface area contributed by atoms with Crippen molar-refractivity contribution >= 4 is 11.6 Å². The lowest BCUT2D eigenvalue weighted by Gasteiger charge is -2.20. The number of hydrogen-bond donors (Lipinski definition) is 1. The lowest BCUT2D eigenvalue weighted by Crippen LogP contribution is -2.22. The molecule has 114 valence electrons. The molecule has 1 aromatic heterocycles. The van der Waals surface area contributed by atoms with Gasteiger partial charge in [0, 0.05) is 11.6 Å². The van der Waals surface area contributed by atoms with Gasteiger partial charge in [-0.2, -0.15) is 0 Å². The number of hydrogen-bond acceptors (Lipinski definition) is 2. The average molecular weight is 306 g/mol. The van der Waals surface area contributed by atoms with Gasteiger partial charge in [-0.3, -0.25) is 0 Å². The highest BCUT2D eigenvalue weighted by Gasteiger charge is 2.18. The van der Waals surface area contributed by atoms with Gasteiger partial charge in [0.25, 0.3) is 0 Å². The highest BCUT2D eigenvalue weighted by atomic mass is 35.5. The normalized spacial score (nSPS) is 13.4. The predicted molar refractivity (Wildman–Crippen MR) is 89.0 cm³/mol. The van der Waals surface area contributed by atoms with E-state index in [1.54, 1.807) is 6.26 Å². The standard InChI is InChI=1S/C18H24ClNO/c1-5-20-16(15-10-11-21-17(15)19)12-13-6-8-14(9-7-13)18(2,3)4/h6-11,16,20H,5,12H2,1-4H3. The van der Waals surface area contributed by atoms with Crippen LogP contribution < -0.4 is 5.32 Å². The number of likely N-dealkylation sites (N-methyl/N-ethyl adjacent to an activating group) is 1. The van der Waals surface area contributed by atoms with E-state index >= 15 is 0 Å². The van der Waals surface area contributed by atoms with Crippen molar-refractivity contribution < 1.29 is 4.42 Å². The maximum Gasteiger partial charge on any atom is 0.197 e. The van der Waals surface area contributed by atoms with E-state index in [2.05, 4.69) is 57.3 Å². The summed E-state index contributed by atoms with van der Waals surface area (Å²) >= 11 is 6.11. The van der Waals surface area contributed by atoms with E-state index < -0.39 is 0 Å². The molecule has 0 saturated carbocycles. The molecule has 3 heteroatoms. The van der Waals surface area contributed by atoms with E-state index in [4.69, 9.17) is 16.0 Å². The van der Waals surface area contributed by atoms with Crippen molar-refractivity contribution in [2.75, 3.05) is 6.54 Å². The second-order valence-electron chi connectivity index (χ2n) is 6.41. The van der Waals surface area contributed by atoms with Gasteiger partial charge in [0.05, 0.1) is 6.26 Å². The molecule has 0 aliphatic heterocycles. The molecule has 2 aromatic rings. The Morgan fingerprint density at radius 1 is 1.14 bits per heavy atom. The van der Waals surface area contributed by atoms with Crippen molar-refractivity contribution in [2.45, 2.75) is 45.6 Å². The molecule has 0 bridgehead atoms. The van der Waals surface area contributed by atoms with Gasteiger partial charge in [-0.1, -0.05) is 52.0 Å². The van der Waals surface area contributed by atoms with Crippen molar-refractivity contribution in [1.29, 1.82) is 0 Å². The summed E-state index contributed by atoms with van der Waals surface area (Å²) in [5.74, 6) is 0. The molecule has 1 unspecified atom stereocenters. The van der Waals surface area contributed by atoms with Crippen molar-refractivity contribution in [3.05, 3.63) is 58.5 Å². The molecule has 21 heavy (non-hydrogen) atoms. The molecule has 1 heterocycles. The third-order valence-corrected chi connectivity index (χ3v) is 4.04. The molecule has 2 rings (SSSR count). The molecule has 0 fully saturated rings. The van der Waals surface area contributed by atoms with E-state index in [1.807, 2.05) is 6.07 Å². The zero-order valence-electron chi connectivity index (χ0n) is 13.2. The molecule has 0 aliphatic rings. The van der Waals surface area contributed by atoms with Crippen LogP contribution in [0.15, 0.2) is 41.0 Å². The molecular weight excluding hydrogens is 282 g/mol. The Hall–Kier alpha value is -1.25. The summed E-state index contributed by atoms with van der Waals surface area (Å²) in [6.45, 7) is 9.69. The smallest absolute Gasteiger partial charge is 0.197 e. The van der Waals surface area contributed by atoms with Crippen LogP contribution >= 0.6 is 11.6 Å². The van der Waals surface area contributed by atoms with Gasteiger partial charge >= 0.3 is 0 Å². The Morgan fingerprint density at radius 2 is 1.81 bits per heavy atom. The predicted octanol–water partition coefficient (Wildman–Crippen LogP) is 5.12. The van der Waals surface area contributed by atoms with E-state index in [9.17, 15) is 0 Å². The van der Waals surface area contributed by atoms with Crippen LogP contribution in [0.1, 0.15) is 50.4 Å². The quantitative estimate of drug-likeness (QED) is 0.829. The largest absolute Gasteiger partial charge is 0.453 e. The van der Waals surface area contributed by atoms with Gasteiger partial charge in [-0.15, -0.1) is 0 Å². The van der Waals surface area contributed by atoms with Crippen molar-refractivity contribution in [1.82, 2.24) is 5.32 Å². The zero-order chi connectivity index (χ0) is 15.5. The molecular formula is C18H24ClNO. The summed E-state index contributed by atoms with van der Waals surface area (Å²) in [5, 5.41) is 3.95. The van der Waals surface area contributed by atoms with E-state index in [0.29, 0.717) is 5.22 Å². The third kappa shape index (κ3) is 4.12. The number of furan rings is 1. The van der Waals surface area contributed by atoms with Crippen LogP contribution in [0.2, 0.25) is 5.22 Å². The van der Waals surface area contributed by atoms with Crippen LogP contribution in [0, 0.1) is 0 Å². The Bertz CT molecular complexity index is 566. The lowest BCUT2D eigenvalue weighted by molar-refractivity contribution is 0.526. The van der Waals surface area contributed by atoms with Gasteiger partial charge in [0.1, 0.15) is 0 Å². The van der Waals surface area contributed by atoms with Crippen LogP contribution in [-0.2, 0) is 11.8 Å². The molecule has 0 radical (unpaired) electrons. The monoisotopic (exact) mass is 305 g/mol. The van der Waals surface area contributed by atoms with Crippen LogP contribution in [0.5, 0.6) is 0 Å². The highest BCUT2D eigenvalue weighted by molar-refractivity contribution is 6.29. The number of halogens is 1. The van der Waals surface area contributed by atoms with Crippen LogP contribution in [0.3, 0.4) is 0 Å². The Kier molecular flexibility index (Phi) is 5.13. The number of nitrogens with one attached hydrogen (secondary N) is 1. The Balaban J connectivity index is 2.16. The molecule has 0 spiro atoms. The first-order valence-electron chi connectivity index (χ1n) is 7.47. The molecule has 1 aromatic carbocycles. The maximum atomic E-state index is 6.11. The number of rotatable bonds is 5. The van der Waals surface area contributed by atoms with E-state index in [1.165, 1.54) is 11.1 Å². The minimum atomic E-state index is 0.182. The van der Waals surface area contributed by atoms with Crippen molar-refractivity contribution in [3.63, 3.8) is 0 Å². The summed E-state index contributed by atoms with van der Waals surface area (Å²) in [6.07, 6.45) is 2.54. The summed E-state index contributed by atoms with van der Waals surface area (Å²) in [5.41, 5.74) is 3.87. The summed E-state index contributed by atoms with van der Waals surface area (Å²) in [6, 6.07) is 11.0. The molecule has 2 nitrogen and oxygen atoms in total. The second kappa shape index (κ2) is 6.67. The molecule has 0 amide bonds. The van der Waals surface area contributed by atoms with Crippen molar-refractivity contribution in [2.24, 2.45) is 0 Å². The van der Waals surface area contributed by atoms with Gasteiger partial charge < -0.3 is 9.73 Å². The topological polar surface area (TPSA) is 25.2 Å². The molecule has 0 aliphatic carbocycles. The summed E-state index contributed by atoms with van der Waals surface area (Å²) < 4.78 is 5.22. The van der Waals surface area contributed by atoms with Gasteiger partial charge in [-0.25, -0.2) is 0 Å². The van der Waals surface area contributed by atoms with Gasteiger partial charge in [-0.05, 0) is 47.2 Å². The summed E-state index contributed by atoms with van der Waals surface area (Å²) in [4.78, 5) is 0. The molecule has 1 N–H and O–H groups in total. The fourth-order valence-corrected chi connectivity index (χ4v) is 2.71. The second-order valence-corrected chi connectivity index (χ2v) is 6.75. The minimum absolute atomic E-state index is 0.182. The van der Waals surface area contributed by atoms with E-state index in [-0.39, 0.29) is 11.5 Å². The maximum absolute atomic E-state index is 6.11. The zero-order valence-corrected chi connectivity index (χ0v) is 14.0. The first-order valence-corrected chi connectivity index (χ1v) is 7.85. The fourth-order valence-electron chi connectivity index (χ4n) is 2.47. The van der Waals surface area contributed by atoms with Gasteiger partial charge in [0.15, 0.2) is 5.22 Å². The molecule has 0 saturated heterocycles. The number of benzene rings is 1. The SMILES string of the molecule is CCNC(Cc1ccc(C(C)(C)C)cc1)c1ccoc1Cl. The van der Waals surface area contributed by atoms with Gasteiger partial charge in [0.2, 0.25) is 0 Å². The molecule has 1 atom stereocenters.